The van der Waals surface area contributed by atoms with Crippen molar-refractivity contribution in [2.45, 2.75) is 31.2 Å². The molecule has 0 aliphatic rings. The van der Waals surface area contributed by atoms with Gasteiger partial charge in [0.05, 0.1) is 25.9 Å². The molecule has 0 N–H and O–H groups in total. The van der Waals surface area contributed by atoms with Gasteiger partial charge in [-0.2, -0.15) is 0 Å². The predicted octanol–water partition coefficient (Wildman–Crippen LogP) is 8.21. The maximum atomic E-state index is 6.66. The summed E-state index contributed by atoms with van der Waals surface area (Å²) in [5, 5.41) is 0. The molecule has 0 amide bonds. The Morgan fingerprint density at radius 2 is 0.816 bits per heavy atom. The molecule has 0 radical (unpaired) electrons. The minimum Gasteiger partial charge on any atom is -0.374 e. The molecule has 1 atom stereocenters. The standard InChI is InChI=1S/C36H34O2/c1-6-16-30(17-7-1)27-37-29-35(38-28-31-18-8-2-9-19-31)26-36(32-20-10-3-11-21-32,33-22-12-4-13-23-33)34-24-14-5-15-25-34/h1-25,35H,26-29H2. The lowest BCUT2D eigenvalue weighted by Crippen LogP contribution is -2.36. The number of hydrogen-bond donors (Lipinski definition) is 0. The van der Waals surface area contributed by atoms with E-state index in [1.54, 1.807) is 0 Å². The highest BCUT2D eigenvalue weighted by molar-refractivity contribution is 5.50. The highest BCUT2D eigenvalue weighted by atomic mass is 16.5. The molecule has 190 valence electrons. The first-order valence-electron chi connectivity index (χ1n) is 13.3. The second kappa shape index (κ2) is 13.0. The summed E-state index contributed by atoms with van der Waals surface area (Å²) in [6.45, 7) is 1.59. The number of benzene rings is 5. The van der Waals surface area contributed by atoms with Crippen LogP contribution in [0.4, 0.5) is 0 Å². The van der Waals surface area contributed by atoms with E-state index in [1.165, 1.54) is 16.7 Å². The van der Waals surface area contributed by atoms with Gasteiger partial charge in [-0.3, -0.25) is 0 Å². The lowest BCUT2D eigenvalue weighted by atomic mass is 9.66. The van der Waals surface area contributed by atoms with Crippen LogP contribution in [-0.2, 0) is 28.1 Å². The zero-order valence-corrected chi connectivity index (χ0v) is 21.7. The summed E-state index contributed by atoms with van der Waals surface area (Å²) in [6.07, 6.45) is 0.603. The molecular formula is C36H34O2. The van der Waals surface area contributed by atoms with Crippen LogP contribution in [0.2, 0.25) is 0 Å². The molecule has 0 spiro atoms. The third kappa shape index (κ3) is 6.28. The zero-order valence-electron chi connectivity index (χ0n) is 21.7. The molecule has 1 unspecified atom stereocenters. The summed E-state index contributed by atoms with van der Waals surface area (Å²) in [5.41, 5.74) is 5.65. The van der Waals surface area contributed by atoms with Gasteiger partial charge in [-0.15, -0.1) is 0 Å². The number of ether oxygens (including phenoxy) is 2. The minimum atomic E-state index is -0.402. The van der Waals surface area contributed by atoms with Gasteiger partial charge in [0.15, 0.2) is 0 Å². The smallest absolute Gasteiger partial charge is 0.0828 e. The van der Waals surface area contributed by atoms with Gasteiger partial charge in [-0.05, 0) is 34.2 Å². The van der Waals surface area contributed by atoms with E-state index in [0.717, 1.165) is 17.5 Å². The maximum Gasteiger partial charge on any atom is 0.0828 e. The number of hydrogen-bond acceptors (Lipinski definition) is 2. The molecule has 0 bridgehead atoms. The summed E-state index contributed by atoms with van der Waals surface area (Å²) in [4.78, 5) is 0. The molecule has 0 aromatic heterocycles. The molecule has 0 saturated heterocycles. The third-order valence-corrected chi connectivity index (χ3v) is 7.08. The first kappa shape index (κ1) is 25.7. The Morgan fingerprint density at radius 3 is 1.24 bits per heavy atom. The molecule has 38 heavy (non-hydrogen) atoms. The van der Waals surface area contributed by atoms with Crippen LogP contribution in [0.1, 0.15) is 34.2 Å². The van der Waals surface area contributed by atoms with E-state index in [0.29, 0.717) is 19.8 Å². The molecular weight excluding hydrogens is 464 g/mol. The summed E-state index contributed by atoms with van der Waals surface area (Å²) < 4.78 is 13.0. The van der Waals surface area contributed by atoms with Gasteiger partial charge >= 0.3 is 0 Å². The molecule has 0 aliphatic heterocycles. The van der Waals surface area contributed by atoms with Crippen molar-refractivity contribution in [3.8, 4) is 0 Å². The molecule has 5 aromatic carbocycles. The summed E-state index contributed by atoms with van der Waals surface area (Å²) in [5.74, 6) is 0. The van der Waals surface area contributed by atoms with Crippen LogP contribution >= 0.6 is 0 Å². The van der Waals surface area contributed by atoms with Crippen LogP contribution in [0.5, 0.6) is 0 Å². The summed E-state index contributed by atoms with van der Waals surface area (Å²) >= 11 is 0. The van der Waals surface area contributed by atoms with Crippen molar-refractivity contribution in [3.05, 3.63) is 179 Å². The second-order valence-corrected chi connectivity index (χ2v) is 9.63. The van der Waals surface area contributed by atoms with Gasteiger partial charge in [-0.25, -0.2) is 0 Å². The second-order valence-electron chi connectivity index (χ2n) is 9.63. The molecule has 2 heteroatoms. The Morgan fingerprint density at radius 1 is 0.447 bits per heavy atom. The minimum absolute atomic E-state index is 0.139. The lowest BCUT2D eigenvalue weighted by molar-refractivity contribution is -0.0389. The van der Waals surface area contributed by atoms with Gasteiger partial charge in [0.25, 0.3) is 0 Å². The van der Waals surface area contributed by atoms with E-state index in [2.05, 4.69) is 127 Å². The Hall–Kier alpha value is -3.98. The highest BCUT2D eigenvalue weighted by Gasteiger charge is 2.39. The zero-order chi connectivity index (χ0) is 25.9. The SMILES string of the molecule is c1ccc(COCC(CC(c2ccccc2)(c2ccccc2)c2ccccc2)OCc2ccccc2)cc1. The monoisotopic (exact) mass is 498 g/mol. The van der Waals surface area contributed by atoms with E-state index >= 15 is 0 Å². The Kier molecular flexibility index (Phi) is 8.78. The molecule has 0 heterocycles. The van der Waals surface area contributed by atoms with Crippen molar-refractivity contribution < 1.29 is 9.47 Å². The normalized spacial score (nSPS) is 12.2. The average Bonchev–Trinajstić information content (AvgIpc) is 3.01. The predicted molar refractivity (Wildman–Crippen MR) is 155 cm³/mol. The fraction of sp³-hybridized carbons (Fsp3) is 0.167. The first-order valence-corrected chi connectivity index (χ1v) is 13.3. The number of rotatable bonds is 12. The van der Waals surface area contributed by atoms with Crippen LogP contribution in [-0.4, -0.2) is 12.7 Å². The molecule has 5 rings (SSSR count). The van der Waals surface area contributed by atoms with Crippen molar-refractivity contribution in [2.24, 2.45) is 0 Å². The highest BCUT2D eigenvalue weighted by Crippen LogP contribution is 2.43. The van der Waals surface area contributed by atoms with E-state index in [9.17, 15) is 0 Å². The van der Waals surface area contributed by atoms with Crippen LogP contribution in [0.25, 0.3) is 0 Å². The van der Waals surface area contributed by atoms with Crippen LogP contribution in [0, 0.1) is 0 Å². The van der Waals surface area contributed by atoms with E-state index < -0.39 is 5.41 Å². The van der Waals surface area contributed by atoms with Crippen molar-refractivity contribution in [1.29, 1.82) is 0 Å². The van der Waals surface area contributed by atoms with E-state index in [1.807, 2.05) is 24.3 Å². The summed E-state index contributed by atoms with van der Waals surface area (Å²) in [6, 6.07) is 53.1. The van der Waals surface area contributed by atoms with Gasteiger partial charge in [0, 0.05) is 5.41 Å². The van der Waals surface area contributed by atoms with Gasteiger partial charge in [0.2, 0.25) is 0 Å². The quantitative estimate of drug-likeness (QED) is 0.161. The van der Waals surface area contributed by atoms with E-state index in [4.69, 9.17) is 9.47 Å². The first-order chi connectivity index (χ1) is 18.8. The molecule has 5 aromatic rings. The lowest BCUT2D eigenvalue weighted by Gasteiger charge is -2.39. The van der Waals surface area contributed by atoms with Crippen LogP contribution < -0.4 is 0 Å². The Bertz CT molecular complexity index is 1240. The molecule has 0 fully saturated rings. The largest absolute Gasteiger partial charge is 0.374 e. The van der Waals surface area contributed by atoms with Gasteiger partial charge in [-0.1, -0.05) is 152 Å². The Labute approximate surface area is 226 Å². The summed E-state index contributed by atoms with van der Waals surface area (Å²) in [7, 11) is 0. The van der Waals surface area contributed by atoms with Crippen molar-refractivity contribution in [1.82, 2.24) is 0 Å². The van der Waals surface area contributed by atoms with Crippen molar-refractivity contribution in [3.63, 3.8) is 0 Å². The maximum absolute atomic E-state index is 6.66. The molecule has 0 saturated carbocycles. The van der Waals surface area contributed by atoms with Gasteiger partial charge < -0.3 is 9.47 Å². The fourth-order valence-electron chi connectivity index (χ4n) is 5.20. The molecule has 2 nitrogen and oxygen atoms in total. The van der Waals surface area contributed by atoms with E-state index in [-0.39, 0.29) is 6.10 Å². The van der Waals surface area contributed by atoms with Crippen LogP contribution in [0.3, 0.4) is 0 Å². The topological polar surface area (TPSA) is 18.5 Å². The van der Waals surface area contributed by atoms with Crippen molar-refractivity contribution >= 4 is 0 Å². The Balaban J connectivity index is 1.52. The average molecular weight is 499 g/mol. The third-order valence-electron chi connectivity index (χ3n) is 7.08. The van der Waals surface area contributed by atoms with Gasteiger partial charge in [0.1, 0.15) is 0 Å². The molecule has 0 aliphatic carbocycles. The van der Waals surface area contributed by atoms with Crippen LogP contribution in [0.15, 0.2) is 152 Å². The fourth-order valence-corrected chi connectivity index (χ4v) is 5.20. The van der Waals surface area contributed by atoms with Crippen molar-refractivity contribution in [2.75, 3.05) is 6.61 Å².